The zero-order valence-corrected chi connectivity index (χ0v) is 13.0. The van der Waals surface area contributed by atoms with Gasteiger partial charge in [0.2, 0.25) is 5.78 Å². The van der Waals surface area contributed by atoms with Crippen LogP contribution < -0.4 is 5.73 Å². The molecule has 0 aliphatic rings. The van der Waals surface area contributed by atoms with Crippen LogP contribution in [-0.2, 0) is 0 Å². The number of ketones is 1. The van der Waals surface area contributed by atoms with Gasteiger partial charge in [0.15, 0.2) is 5.01 Å². The molecule has 0 saturated carbocycles. The summed E-state index contributed by atoms with van der Waals surface area (Å²) >= 11 is 1.27. The van der Waals surface area contributed by atoms with E-state index >= 15 is 0 Å². The van der Waals surface area contributed by atoms with Crippen molar-refractivity contribution in [1.82, 2.24) is 9.97 Å². The first-order valence-electron chi connectivity index (χ1n) is 6.08. The highest BCUT2D eigenvalue weighted by atomic mass is 32.1. The molecule has 3 aromatic rings. The molecule has 0 amide bonds. The minimum Gasteiger partial charge on any atom is -0.360 e. The average molecular weight is 323 g/mol. The number of H-pyrrole nitrogens is 1. The first-order valence-corrected chi connectivity index (χ1v) is 6.96. The van der Waals surface area contributed by atoms with E-state index in [0.29, 0.717) is 27.2 Å². The summed E-state index contributed by atoms with van der Waals surface area (Å²) in [5, 5.41) is 2.86. The number of aromatic amines is 1. The molecule has 0 unspecified atom stereocenters. The van der Waals surface area contributed by atoms with Gasteiger partial charge >= 0.3 is 0 Å². The Balaban J connectivity index is 0.00000161. The molecule has 0 radical (unpaired) electrons. The van der Waals surface area contributed by atoms with Crippen LogP contribution in [0.15, 0.2) is 29.8 Å². The van der Waals surface area contributed by atoms with Gasteiger partial charge in [-0.15, -0.1) is 11.3 Å². The molecule has 3 rings (SSSR count). The highest BCUT2D eigenvalue weighted by Crippen LogP contribution is 2.24. The highest BCUT2D eigenvalue weighted by molar-refractivity contribution is 7.59. The van der Waals surface area contributed by atoms with E-state index in [9.17, 15) is 9.18 Å². The first kappa shape index (κ1) is 15.7. The Morgan fingerprint density at radius 3 is 2.90 bits per heavy atom. The van der Waals surface area contributed by atoms with E-state index in [1.165, 1.54) is 23.5 Å². The van der Waals surface area contributed by atoms with Gasteiger partial charge in [-0.3, -0.25) is 4.79 Å². The van der Waals surface area contributed by atoms with Crippen molar-refractivity contribution in [1.29, 1.82) is 0 Å². The Labute approximate surface area is 131 Å². The average Bonchev–Trinajstić information content (AvgIpc) is 3.04. The Bertz CT molecular complexity index is 794. The van der Waals surface area contributed by atoms with Crippen LogP contribution in [0.3, 0.4) is 0 Å². The first-order chi connectivity index (χ1) is 9.56. The van der Waals surface area contributed by atoms with Crippen molar-refractivity contribution in [3.8, 4) is 0 Å². The summed E-state index contributed by atoms with van der Waals surface area (Å²) in [5.41, 5.74) is 7.52. The van der Waals surface area contributed by atoms with E-state index in [1.54, 1.807) is 17.6 Å². The largest absolute Gasteiger partial charge is 0.360 e. The number of nitrogens with zero attached hydrogens (tertiary/aromatic N) is 1. The number of carbonyl (C=O) groups excluding carboxylic acids is 1. The molecule has 0 saturated heterocycles. The monoisotopic (exact) mass is 323 g/mol. The second-order valence-corrected chi connectivity index (χ2v) is 5.45. The van der Waals surface area contributed by atoms with E-state index in [-0.39, 0.29) is 31.1 Å². The lowest BCUT2D eigenvalue weighted by molar-refractivity contribution is 0.103. The standard InChI is InChI=1S/C14H12FN3OS.H2S/c1-7(16)12-6-20-14(18-12)13(19)10-5-17-11-4-8(15)2-3-9(10)11;/h2-7,17H,16H2,1H3;1H2/t7-;/m0./s1. The summed E-state index contributed by atoms with van der Waals surface area (Å²) in [5.74, 6) is -0.522. The number of nitrogens with two attached hydrogens (primary N) is 1. The van der Waals surface area contributed by atoms with Gasteiger partial charge in [-0.25, -0.2) is 9.37 Å². The summed E-state index contributed by atoms with van der Waals surface area (Å²) in [6, 6.07) is 4.09. The second kappa shape index (κ2) is 5.97. The van der Waals surface area contributed by atoms with Crippen molar-refractivity contribution >= 4 is 41.5 Å². The summed E-state index contributed by atoms with van der Waals surface area (Å²) in [6.45, 7) is 1.82. The molecule has 3 N–H and O–H groups in total. The van der Waals surface area contributed by atoms with E-state index < -0.39 is 0 Å². The molecule has 21 heavy (non-hydrogen) atoms. The Kier molecular flexibility index (Phi) is 4.46. The number of carbonyl (C=O) groups is 1. The van der Waals surface area contributed by atoms with Crippen LogP contribution in [0.1, 0.15) is 34.0 Å². The van der Waals surface area contributed by atoms with Gasteiger partial charge in [-0.1, -0.05) is 0 Å². The topological polar surface area (TPSA) is 71.8 Å². The molecule has 1 atom stereocenters. The Morgan fingerprint density at radius 2 is 2.24 bits per heavy atom. The number of aromatic nitrogens is 2. The van der Waals surface area contributed by atoms with Crippen molar-refractivity contribution in [2.24, 2.45) is 5.73 Å². The third-order valence-corrected chi connectivity index (χ3v) is 3.93. The number of fused-ring (bicyclic) bond motifs is 1. The third-order valence-electron chi connectivity index (χ3n) is 3.07. The van der Waals surface area contributed by atoms with E-state index in [4.69, 9.17) is 5.73 Å². The molecule has 2 heterocycles. The molecule has 0 fully saturated rings. The maximum atomic E-state index is 13.1. The Hall–Kier alpha value is -1.70. The van der Waals surface area contributed by atoms with E-state index in [0.717, 1.165) is 0 Å². The SMILES string of the molecule is C[C@H](N)c1csc(C(=O)c2c[nH]c3cc(F)ccc23)n1.S. The van der Waals surface area contributed by atoms with Gasteiger partial charge in [0.05, 0.1) is 11.3 Å². The van der Waals surface area contributed by atoms with E-state index in [1.807, 2.05) is 6.92 Å². The molecule has 2 aromatic heterocycles. The third kappa shape index (κ3) is 2.85. The quantitative estimate of drug-likeness (QED) is 0.727. The molecule has 0 bridgehead atoms. The number of nitrogens with one attached hydrogen (secondary N) is 1. The predicted octanol–water partition coefficient (Wildman–Crippen LogP) is 3.13. The van der Waals surface area contributed by atoms with Crippen LogP contribution in [0.2, 0.25) is 0 Å². The van der Waals surface area contributed by atoms with Gasteiger partial charge in [0.25, 0.3) is 0 Å². The van der Waals surface area contributed by atoms with Gasteiger partial charge in [0.1, 0.15) is 5.82 Å². The molecular formula is C14H14FN3OS2. The fourth-order valence-electron chi connectivity index (χ4n) is 2.00. The summed E-state index contributed by atoms with van der Waals surface area (Å²) < 4.78 is 13.1. The lowest BCUT2D eigenvalue weighted by atomic mass is 10.1. The van der Waals surface area contributed by atoms with Crippen LogP contribution >= 0.6 is 24.8 Å². The van der Waals surface area contributed by atoms with Crippen LogP contribution in [0.25, 0.3) is 10.9 Å². The number of halogens is 1. The molecule has 0 spiro atoms. The number of thiazole rings is 1. The number of benzene rings is 1. The van der Waals surface area contributed by atoms with Crippen LogP contribution in [0.5, 0.6) is 0 Å². The maximum absolute atomic E-state index is 13.1. The Morgan fingerprint density at radius 1 is 1.48 bits per heavy atom. The number of rotatable bonds is 3. The molecule has 0 aliphatic carbocycles. The van der Waals surface area contributed by atoms with Crippen LogP contribution in [0.4, 0.5) is 4.39 Å². The van der Waals surface area contributed by atoms with Gasteiger partial charge in [0, 0.05) is 28.5 Å². The lowest BCUT2D eigenvalue weighted by Gasteiger charge is -1.98. The van der Waals surface area contributed by atoms with Crippen molar-refractivity contribution in [2.45, 2.75) is 13.0 Å². The van der Waals surface area contributed by atoms with Crippen LogP contribution in [0, 0.1) is 5.82 Å². The fourth-order valence-corrected chi connectivity index (χ4v) is 2.88. The van der Waals surface area contributed by atoms with Gasteiger partial charge in [-0.2, -0.15) is 13.5 Å². The molecule has 0 aliphatic heterocycles. The van der Waals surface area contributed by atoms with Crippen LogP contribution in [-0.4, -0.2) is 15.8 Å². The van der Waals surface area contributed by atoms with Crippen molar-refractivity contribution in [3.05, 3.63) is 51.9 Å². The van der Waals surface area contributed by atoms with Crippen molar-refractivity contribution in [3.63, 3.8) is 0 Å². The highest BCUT2D eigenvalue weighted by Gasteiger charge is 2.18. The molecule has 4 nitrogen and oxygen atoms in total. The summed E-state index contributed by atoms with van der Waals surface area (Å²) in [6.07, 6.45) is 1.58. The maximum Gasteiger partial charge on any atom is 0.223 e. The zero-order chi connectivity index (χ0) is 14.3. The number of hydrogen-bond donors (Lipinski definition) is 2. The molecular weight excluding hydrogens is 309 g/mol. The summed E-state index contributed by atoms with van der Waals surface area (Å²) in [4.78, 5) is 19.6. The van der Waals surface area contributed by atoms with E-state index in [2.05, 4.69) is 9.97 Å². The zero-order valence-electron chi connectivity index (χ0n) is 11.2. The summed E-state index contributed by atoms with van der Waals surface area (Å²) in [7, 11) is 0. The predicted molar refractivity (Wildman–Crippen MR) is 86.8 cm³/mol. The minimum atomic E-state index is -0.341. The smallest absolute Gasteiger partial charge is 0.223 e. The van der Waals surface area contributed by atoms with Crippen molar-refractivity contribution < 1.29 is 9.18 Å². The lowest BCUT2D eigenvalue weighted by Crippen LogP contribution is -2.06. The fraction of sp³-hybridized carbons (Fsp3) is 0.143. The second-order valence-electron chi connectivity index (χ2n) is 4.59. The molecule has 7 heteroatoms. The minimum absolute atomic E-state index is 0. The van der Waals surface area contributed by atoms with Gasteiger partial charge in [-0.05, 0) is 25.1 Å². The molecule has 1 aromatic carbocycles. The normalized spacial score (nSPS) is 12.1. The van der Waals surface area contributed by atoms with Crippen molar-refractivity contribution in [2.75, 3.05) is 0 Å². The van der Waals surface area contributed by atoms with Gasteiger partial charge < -0.3 is 10.7 Å². The molecule has 110 valence electrons. The number of hydrogen-bond acceptors (Lipinski definition) is 4.